The van der Waals surface area contributed by atoms with Gasteiger partial charge in [-0.3, -0.25) is 4.98 Å². The highest BCUT2D eigenvalue weighted by Gasteiger charge is 1.93. The van der Waals surface area contributed by atoms with Crippen molar-refractivity contribution in [2.75, 3.05) is 0 Å². The molecule has 0 fully saturated rings. The molecule has 0 unspecified atom stereocenters. The summed E-state index contributed by atoms with van der Waals surface area (Å²) >= 11 is 5.37. The zero-order chi connectivity index (χ0) is 10.2. The van der Waals surface area contributed by atoms with Crippen LogP contribution in [0.5, 0.6) is 0 Å². The fraction of sp³-hybridized carbons (Fsp3) is 0.0833. The Morgan fingerprint density at radius 1 is 1.43 bits per heavy atom. The van der Waals surface area contributed by atoms with Crippen LogP contribution in [0.3, 0.4) is 0 Å². The first-order chi connectivity index (χ1) is 6.83. The summed E-state index contributed by atoms with van der Waals surface area (Å²) in [5.74, 6) is 0. The highest BCUT2D eigenvalue weighted by molar-refractivity contribution is 6.25. The van der Waals surface area contributed by atoms with Crippen molar-refractivity contribution in [3.8, 4) is 0 Å². The molecule has 2 heteroatoms. The van der Waals surface area contributed by atoms with Gasteiger partial charge >= 0.3 is 0 Å². The van der Waals surface area contributed by atoms with Crippen molar-refractivity contribution in [3.05, 3.63) is 66.0 Å². The van der Waals surface area contributed by atoms with E-state index in [1.165, 1.54) is 5.54 Å². The minimum atomic E-state index is 0.771. The third-order valence-corrected chi connectivity index (χ3v) is 1.80. The predicted octanol–water partition coefficient (Wildman–Crippen LogP) is 3.49. The molecule has 1 heterocycles. The lowest BCUT2D eigenvalue weighted by atomic mass is 10.1. The molecule has 72 valence electrons. The van der Waals surface area contributed by atoms with Gasteiger partial charge in [-0.15, -0.1) is 0 Å². The van der Waals surface area contributed by atoms with Gasteiger partial charge < -0.3 is 0 Å². The summed E-state index contributed by atoms with van der Waals surface area (Å²) < 4.78 is 0. The molecular weight excluding hydrogens is 194 g/mol. The zero-order valence-corrected chi connectivity index (χ0v) is 8.61. The third-order valence-electron chi connectivity index (χ3n) is 1.65. The number of hydrogen-bond donors (Lipinski definition) is 0. The van der Waals surface area contributed by atoms with E-state index in [-0.39, 0.29) is 0 Å². The Bertz CT molecular complexity index is 339. The first-order valence-electron chi connectivity index (χ1n) is 4.34. The quantitative estimate of drug-likeness (QED) is 0.686. The molecule has 0 N–H and O–H groups in total. The predicted molar refractivity (Wildman–Crippen MR) is 61.2 cm³/mol. The van der Waals surface area contributed by atoms with Gasteiger partial charge in [0.2, 0.25) is 0 Å². The van der Waals surface area contributed by atoms with Crippen molar-refractivity contribution in [1.82, 2.24) is 4.98 Å². The summed E-state index contributed by atoms with van der Waals surface area (Å²) in [6, 6.07) is 5.85. The molecule has 0 radical (unpaired) electrons. The van der Waals surface area contributed by atoms with E-state index in [2.05, 4.69) is 11.6 Å². The third kappa shape index (κ3) is 4.06. The fourth-order valence-electron chi connectivity index (χ4n) is 1.03. The number of allylic oxidation sites excluding steroid dienone is 4. The largest absolute Gasteiger partial charge is 0.261 e. The number of hydrogen-bond acceptors (Lipinski definition) is 1. The van der Waals surface area contributed by atoms with Crippen LogP contribution in [0.1, 0.15) is 5.69 Å². The van der Waals surface area contributed by atoms with E-state index >= 15 is 0 Å². The van der Waals surface area contributed by atoms with Crippen molar-refractivity contribution < 1.29 is 0 Å². The Morgan fingerprint density at radius 3 is 2.93 bits per heavy atom. The van der Waals surface area contributed by atoms with Crippen molar-refractivity contribution in [1.29, 1.82) is 0 Å². The van der Waals surface area contributed by atoms with Crippen molar-refractivity contribution in [2.45, 2.75) is 6.42 Å². The second-order valence-electron chi connectivity index (χ2n) is 2.83. The van der Waals surface area contributed by atoms with Gasteiger partial charge in [-0.2, -0.15) is 0 Å². The number of halogens is 1. The van der Waals surface area contributed by atoms with Gasteiger partial charge in [0.15, 0.2) is 0 Å². The minimum absolute atomic E-state index is 0.771. The first-order valence-corrected chi connectivity index (χ1v) is 4.77. The van der Waals surface area contributed by atoms with E-state index in [1.54, 1.807) is 12.3 Å². The molecular formula is C12H12ClN. The van der Waals surface area contributed by atoms with E-state index in [9.17, 15) is 0 Å². The molecule has 0 atom stereocenters. The smallest absolute Gasteiger partial charge is 0.0447 e. The van der Waals surface area contributed by atoms with E-state index in [0.29, 0.717) is 0 Å². The number of rotatable bonds is 4. The average molecular weight is 206 g/mol. The molecule has 1 rings (SSSR count). The Balaban J connectivity index is 2.50. The lowest BCUT2D eigenvalue weighted by molar-refractivity contribution is 1.08. The zero-order valence-electron chi connectivity index (χ0n) is 7.86. The topological polar surface area (TPSA) is 12.9 Å². The van der Waals surface area contributed by atoms with Gasteiger partial charge in [0, 0.05) is 23.8 Å². The van der Waals surface area contributed by atoms with E-state index < -0.39 is 0 Å². The van der Waals surface area contributed by atoms with E-state index in [4.69, 9.17) is 11.6 Å². The minimum Gasteiger partial charge on any atom is -0.261 e. The van der Waals surface area contributed by atoms with Crippen LogP contribution in [-0.4, -0.2) is 4.98 Å². The average Bonchev–Trinajstić information content (AvgIpc) is 2.20. The lowest BCUT2D eigenvalue weighted by Crippen LogP contribution is -1.89. The molecule has 1 aromatic rings. The van der Waals surface area contributed by atoms with Crippen LogP contribution in [-0.2, 0) is 6.42 Å². The highest BCUT2D eigenvalue weighted by Crippen LogP contribution is 2.04. The van der Waals surface area contributed by atoms with E-state index in [1.807, 2.05) is 30.4 Å². The van der Waals surface area contributed by atoms with Gasteiger partial charge in [-0.25, -0.2) is 0 Å². The molecule has 0 aliphatic rings. The first kappa shape index (κ1) is 10.7. The van der Waals surface area contributed by atoms with Crippen molar-refractivity contribution >= 4 is 11.6 Å². The Labute approximate surface area is 89.4 Å². The molecule has 0 saturated heterocycles. The van der Waals surface area contributed by atoms with Crippen molar-refractivity contribution in [3.63, 3.8) is 0 Å². The van der Waals surface area contributed by atoms with Crippen LogP contribution >= 0.6 is 11.6 Å². The molecule has 0 aromatic carbocycles. The molecule has 14 heavy (non-hydrogen) atoms. The molecule has 1 aromatic heterocycles. The number of aromatic nitrogens is 1. The summed E-state index contributed by atoms with van der Waals surface area (Å²) in [7, 11) is 0. The standard InChI is InChI=1S/C12H12ClN/c1-11(6-2-4-8-13)10-12-7-3-5-9-14-12/h2-9H,1,10H2/b6-2+,8-4+. The van der Waals surface area contributed by atoms with Gasteiger partial charge in [-0.1, -0.05) is 42.5 Å². The Morgan fingerprint density at radius 2 is 2.29 bits per heavy atom. The van der Waals surface area contributed by atoms with Crippen LogP contribution in [0.15, 0.2) is 60.3 Å². The summed E-state index contributed by atoms with van der Waals surface area (Å²) in [4.78, 5) is 4.21. The lowest BCUT2D eigenvalue weighted by Gasteiger charge is -1.98. The van der Waals surface area contributed by atoms with Gasteiger partial charge in [-0.05, 0) is 17.7 Å². The second-order valence-corrected chi connectivity index (χ2v) is 3.09. The monoisotopic (exact) mass is 205 g/mol. The SMILES string of the molecule is C=C(/C=C/C=C/Cl)Cc1ccccn1. The van der Waals surface area contributed by atoms with Crippen LogP contribution in [0, 0.1) is 0 Å². The van der Waals surface area contributed by atoms with Crippen LogP contribution in [0.25, 0.3) is 0 Å². The Kier molecular flexibility index (Phi) is 4.73. The maximum absolute atomic E-state index is 5.37. The van der Waals surface area contributed by atoms with Crippen LogP contribution < -0.4 is 0 Å². The van der Waals surface area contributed by atoms with Crippen LogP contribution in [0.2, 0.25) is 0 Å². The number of pyridine rings is 1. The fourth-order valence-corrected chi connectivity index (χ4v) is 1.11. The molecule has 0 bridgehead atoms. The van der Waals surface area contributed by atoms with Crippen molar-refractivity contribution in [2.24, 2.45) is 0 Å². The normalized spacial score (nSPS) is 11.2. The van der Waals surface area contributed by atoms with E-state index in [0.717, 1.165) is 17.7 Å². The molecule has 0 saturated carbocycles. The Hall–Kier alpha value is -1.34. The van der Waals surface area contributed by atoms with Gasteiger partial charge in [0.05, 0.1) is 0 Å². The van der Waals surface area contributed by atoms with Gasteiger partial charge in [0.1, 0.15) is 0 Å². The summed E-state index contributed by atoms with van der Waals surface area (Å²) in [6.45, 7) is 3.92. The highest BCUT2D eigenvalue weighted by atomic mass is 35.5. The molecule has 1 nitrogen and oxygen atoms in total. The second kappa shape index (κ2) is 6.17. The molecule has 0 aliphatic heterocycles. The maximum Gasteiger partial charge on any atom is 0.0447 e. The van der Waals surface area contributed by atoms with Gasteiger partial charge in [0.25, 0.3) is 0 Å². The maximum atomic E-state index is 5.37. The molecule has 0 spiro atoms. The summed E-state index contributed by atoms with van der Waals surface area (Å²) in [5, 5.41) is 0. The summed E-state index contributed by atoms with van der Waals surface area (Å²) in [5.41, 5.74) is 3.50. The molecule has 0 aliphatic carbocycles. The molecule has 0 amide bonds. The summed E-state index contributed by atoms with van der Waals surface area (Å²) in [6.07, 6.45) is 8.09. The number of nitrogens with zero attached hydrogens (tertiary/aromatic N) is 1. The van der Waals surface area contributed by atoms with Crippen LogP contribution in [0.4, 0.5) is 0 Å².